The van der Waals surface area contributed by atoms with Crippen LogP contribution in [0.5, 0.6) is 0 Å². The highest BCUT2D eigenvalue weighted by atomic mass is 16.2. The molecule has 0 bridgehead atoms. The number of carbonyl (C=O) groups excluding carboxylic acids is 1. The number of rotatable bonds is 2. The number of carbonyl (C=O) groups is 1. The van der Waals surface area contributed by atoms with Gasteiger partial charge in [-0.3, -0.25) is 4.79 Å². The van der Waals surface area contributed by atoms with E-state index in [2.05, 4.69) is 34.1 Å². The van der Waals surface area contributed by atoms with E-state index in [1.807, 2.05) is 0 Å². The minimum absolute atomic E-state index is 0.155. The van der Waals surface area contributed by atoms with Crippen molar-refractivity contribution in [3.05, 3.63) is 29.6 Å². The van der Waals surface area contributed by atoms with Gasteiger partial charge < -0.3 is 15.3 Å². The standard InChI is InChI=1S/C15H19N3O2/c1-18-9-3-7-13(11-18)17-15(20)14-12(6-4-10-19)5-2-8-16-14/h2,5,8,13,19H,3,7,9-11H2,1H3,(H,17,20). The molecule has 1 atom stereocenters. The Morgan fingerprint density at radius 3 is 3.25 bits per heavy atom. The van der Waals surface area contributed by atoms with Gasteiger partial charge in [0.15, 0.2) is 0 Å². The number of hydrogen-bond donors (Lipinski definition) is 2. The zero-order chi connectivity index (χ0) is 14.4. The summed E-state index contributed by atoms with van der Waals surface area (Å²) in [4.78, 5) is 18.6. The Labute approximate surface area is 119 Å². The van der Waals surface area contributed by atoms with Gasteiger partial charge in [-0.25, -0.2) is 4.98 Å². The van der Waals surface area contributed by atoms with E-state index in [1.54, 1.807) is 18.3 Å². The number of likely N-dealkylation sites (tertiary alicyclic amines) is 1. The summed E-state index contributed by atoms with van der Waals surface area (Å²) in [5.74, 6) is 5.10. The van der Waals surface area contributed by atoms with Gasteiger partial charge in [0.25, 0.3) is 5.91 Å². The van der Waals surface area contributed by atoms with Crippen LogP contribution in [-0.2, 0) is 0 Å². The summed E-state index contributed by atoms with van der Waals surface area (Å²) < 4.78 is 0. The summed E-state index contributed by atoms with van der Waals surface area (Å²) in [6.45, 7) is 1.70. The van der Waals surface area contributed by atoms with Gasteiger partial charge in [-0.05, 0) is 38.6 Å². The number of pyridine rings is 1. The van der Waals surface area contributed by atoms with E-state index in [0.29, 0.717) is 11.3 Å². The minimum Gasteiger partial charge on any atom is -0.384 e. The topological polar surface area (TPSA) is 65.5 Å². The number of nitrogens with one attached hydrogen (secondary N) is 1. The Morgan fingerprint density at radius 2 is 2.50 bits per heavy atom. The van der Waals surface area contributed by atoms with Gasteiger partial charge in [0.2, 0.25) is 0 Å². The van der Waals surface area contributed by atoms with E-state index in [4.69, 9.17) is 5.11 Å². The van der Waals surface area contributed by atoms with Crippen molar-refractivity contribution in [2.45, 2.75) is 18.9 Å². The van der Waals surface area contributed by atoms with Gasteiger partial charge in [-0.2, -0.15) is 0 Å². The second-order valence-electron chi connectivity index (χ2n) is 4.93. The summed E-state index contributed by atoms with van der Waals surface area (Å²) in [6, 6.07) is 3.62. The smallest absolute Gasteiger partial charge is 0.271 e. The first-order valence-electron chi connectivity index (χ1n) is 6.75. The summed E-state index contributed by atoms with van der Waals surface area (Å²) in [5.41, 5.74) is 0.866. The maximum atomic E-state index is 12.3. The van der Waals surface area contributed by atoms with Crippen LogP contribution in [0, 0.1) is 11.8 Å². The monoisotopic (exact) mass is 273 g/mol. The normalized spacial score (nSPS) is 19.0. The van der Waals surface area contributed by atoms with Gasteiger partial charge >= 0.3 is 0 Å². The summed E-state index contributed by atoms with van der Waals surface area (Å²) >= 11 is 0. The molecule has 0 saturated carbocycles. The molecule has 106 valence electrons. The molecule has 1 amide bonds. The maximum absolute atomic E-state index is 12.3. The molecule has 2 heterocycles. The van der Waals surface area contributed by atoms with Crippen molar-refractivity contribution < 1.29 is 9.90 Å². The third kappa shape index (κ3) is 3.80. The number of aliphatic hydroxyl groups is 1. The Balaban J connectivity index is 2.09. The average molecular weight is 273 g/mol. The molecule has 0 spiro atoms. The summed E-state index contributed by atoms with van der Waals surface area (Å²) in [7, 11) is 2.05. The average Bonchev–Trinajstić information content (AvgIpc) is 2.45. The quantitative estimate of drug-likeness (QED) is 0.758. The van der Waals surface area contributed by atoms with Crippen LogP contribution >= 0.6 is 0 Å². The fourth-order valence-electron chi connectivity index (χ4n) is 2.36. The Hall–Kier alpha value is -1.90. The molecule has 2 N–H and O–H groups in total. The van der Waals surface area contributed by atoms with Crippen LogP contribution in [0.3, 0.4) is 0 Å². The van der Waals surface area contributed by atoms with Gasteiger partial charge in [0.1, 0.15) is 12.3 Å². The van der Waals surface area contributed by atoms with E-state index in [9.17, 15) is 4.79 Å². The molecule has 1 aliphatic heterocycles. The predicted molar refractivity (Wildman–Crippen MR) is 76.2 cm³/mol. The molecule has 5 nitrogen and oxygen atoms in total. The molecule has 1 aromatic heterocycles. The number of nitrogens with zero attached hydrogens (tertiary/aromatic N) is 2. The number of likely N-dealkylation sites (N-methyl/N-ethyl adjacent to an activating group) is 1. The number of hydrogen-bond acceptors (Lipinski definition) is 4. The molecule has 1 aliphatic rings. The van der Waals surface area contributed by atoms with Crippen molar-refractivity contribution in [3.63, 3.8) is 0 Å². The van der Waals surface area contributed by atoms with E-state index < -0.39 is 0 Å². The van der Waals surface area contributed by atoms with Crippen molar-refractivity contribution in [1.82, 2.24) is 15.2 Å². The first-order chi connectivity index (χ1) is 9.70. The van der Waals surface area contributed by atoms with Gasteiger partial charge in [0, 0.05) is 18.8 Å². The zero-order valence-corrected chi connectivity index (χ0v) is 11.6. The van der Waals surface area contributed by atoms with Crippen LogP contribution in [0.2, 0.25) is 0 Å². The van der Waals surface area contributed by atoms with Crippen LogP contribution in [-0.4, -0.2) is 53.7 Å². The number of piperidine rings is 1. The SMILES string of the molecule is CN1CCCC(NC(=O)c2ncccc2C#CCO)C1. The molecule has 0 aliphatic carbocycles. The molecule has 5 heteroatoms. The molecular formula is C15H19N3O2. The number of amides is 1. The van der Waals surface area contributed by atoms with Crippen LogP contribution in [0.4, 0.5) is 0 Å². The fourth-order valence-corrected chi connectivity index (χ4v) is 2.36. The lowest BCUT2D eigenvalue weighted by atomic mass is 10.1. The fraction of sp³-hybridized carbons (Fsp3) is 0.467. The number of aliphatic hydroxyl groups excluding tert-OH is 1. The van der Waals surface area contributed by atoms with E-state index in [0.717, 1.165) is 25.9 Å². The lowest BCUT2D eigenvalue weighted by Gasteiger charge is -2.30. The van der Waals surface area contributed by atoms with Crippen molar-refractivity contribution in [3.8, 4) is 11.8 Å². The second-order valence-corrected chi connectivity index (χ2v) is 4.93. The second kappa shape index (κ2) is 7.04. The predicted octanol–water partition coefficient (Wildman–Crippen LogP) is 0.249. The van der Waals surface area contributed by atoms with E-state index in [1.165, 1.54) is 0 Å². The van der Waals surface area contributed by atoms with Crippen molar-refractivity contribution >= 4 is 5.91 Å². The van der Waals surface area contributed by atoms with Crippen LogP contribution in [0.25, 0.3) is 0 Å². The van der Waals surface area contributed by atoms with Crippen LogP contribution < -0.4 is 5.32 Å². The first kappa shape index (κ1) is 14.5. The zero-order valence-electron chi connectivity index (χ0n) is 11.6. The van der Waals surface area contributed by atoms with Gasteiger partial charge in [0.05, 0.1) is 5.56 Å². The van der Waals surface area contributed by atoms with Gasteiger partial charge in [-0.15, -0.1) is 0 Å². The highest BCUT2D eigenvalue weighted by Gasteiger charge is 2.21. The van der Waals surface area contributed by atoms with E-state index >= 15 is 0 Å². The molecule has 1 aromatic rings. The summed E-state index contributed by atoms with van der Waals surface area (Å²) in [5, 5.41) is 11.8. The molecule has 0 radical (unpaired) electrons. The Morgan fingerprint density at radius 1 is 1.65 bits per heavy atom. The molecule has 1 fully saturated rings. The van der Waals surface area contributed by atoms with Crippen molar-refractivity contribution in [2.24, 2.45) is 0 Å². The lowest BCUT2D eigenvalue weighted by molar-refractivity contribution is 0.0907. The summed E-state index contributed by atoms with van der Waals surface area (Å²) in [6.07, 6.45) is 3.65. The number of aromatic nitrogens is 1. The largest absolute Gasteiger partial charge is 0.384 e. The highest BCUT2D eigenvalue weighted by Crippen LogP contribution is 2.10. The molecular weight excluding hydrogens is 254 g/mol. The Kier molecular flexibility index (Phi) is 5.10. The van der Waals surface area contributed by atoms with Crippen molar-refractivity contribution in [1.29, 1.82) is 0 Å². The minimum atomic E-state index is -0.233. The third-order valence-electron chi connectivity index (χ3n) is 3.28. The molecule has 0 aromatic carbocycles. The first-order valence-corrected chi connectivity index (χ1v) is 6.75. The molecule has 1 saturated heterocycles. The lowest BCUT2D eigenvalue weighted by Crippen LogP contribution is -2.46. The molecule has 20 heavy (non-hydrogen) atoms. The third-order valence-corrected chi connectivity index (χ3v) is 3.28. The molecule has 2 rings (SSSR count). The maximum Gasteiger partial charge on any atom is 0.271 e. The highest BCUT2D eigenvalue weighted by molar-refractivity contribution is 5.94. The van der Waals surface area contributed by atoms with Crippen LogP contribution in [0.1, 0.15) is 28.9 Å². The Bertz CT molecular complexity index is 533. The van der Waals surface area contributed by atoms with E-state index in [-0.39, 0.29) is 18.6 Å². The van der Waals surface area contributed by atoms with Crippen molar-refractivity contribution in [2.75, 3.05) is 26.7 Å². The van der Waals surface area contributed by atoms with Gasteiger partial charge in [-0.1, -0.05) is 11.8 Å². The molecule has 1 unspecified atom stereocenters. The van der Waals surface area contributed by atoms with Crippen LogP contribution in [0.15, 0.2) is 18.3 Å².